The van der Waals surface area contributed by atoms with E-state index in [9.17, 15) is 22.8 Å². The second-order valence-corrected chi connectivity index (χ2v) is 6.22. The van der Waals surface area contributed by atoms with Crippen molar-refractivity contribution in [2.75, 3.05) is 11.1 Å². The van der Waals surface area contributed by atoms with Crippen LogP contribution in [0.3, 0.4) is 0 Å². The highest BCUT2D eigenvalue weighted by Crippen LogP contribution is 2.32. The van der Waals surface area contributed by atoms with Crippen molar-refractivity contribution in [3.63, 3.8) is 0 Å². The average molecular weight is 355 g/mol. The molecule has 0 spiro atoms. The van der Waals surface area contributed by atoms with Crippen molar-refractivity contribution >= 4 is 23.4 Å². The van der Waals surface area contributed by atoms with Gasteiger partial charge in [-0.25, -0.2) is 4.98 Å². The Morgan fingerprint density at radius 2 is 2.00 bits per heavy atom. The van der Waals surface area contributed by atoms with E-state index in [0.29, 0.717) is 10.9 Å². The predicted octanol–water partition coefficient (Wildman–Crippen LogP) is 2.94. The molecule has 1 aliphatic heterocycles. The number of fused-ring (bicyclic) bond motifs is 1. The molecule has 1 amide bonds. The Labute approximate surface area is 138 Å². The van der Waals surface area contributed by atoms with Gasteiger partial charge in [0.25, 0.3) is 5.56 Å². The van der Waals surface area contributed by atoms with Gasteiger partial charge in [-0.2, -0.15) is 13.2 Å². The van der Waals surface area contributed by atoms with Gasteiger partial charge < -0.3 is 5.32 Å². The maximum absolute atomic E-state index is 12.5. The highest BCUT2D eigenvalue weighted by molar-refractivity contribution is 7.99. The van der Waals surface area contributed by atoms with E-state index >= 15 is 0 Å². The molecule has 1 aliphatic rings. The van der Waals surface area contributed by atoms with Crippen LogP contribution in [-0.2, 0) is 11.0 Å². The number of anilines is 1. The van der Waals surface area contributed by atoms with Crippen LogP contribution in [0.25, 0.3) is 0 Å². The summed E-state index contributed by atoms with van der Waals surface area (Å²) < 4.78 is 39.0. The summed E-state index contributed by atoms with van der Waals surface area (Å²) >= 11 is 1.39. The zero-order valence-electron chi connectivity index (χ0n) is 12.2. The number of alkyl halides is 3. The maximum atomic E-state index is 12.5. The van der Waals surface area contributed by atoms with E-state index in [-0.39, 0.29) is 29.6 Å². The summed E-state index contributed by atoms with van der Waals surface area (Å²) in [4.78, 5) is 28.0. The third-order valence-electron chi connectivity index (χ3n) is 3.53. The van der Waals surface area contributed by atoms with Crippen molar-refractivity contribution in [1.82, 2.24) is 9.55 Å². The third-order valence-corrected chi connectivity index (χ3v) is 4.64. The molecular weight excluding hydrogens is 343 g/mol. The van der Waals surface area contributed by atoms with E-state index < -0.39 is 11.7 Å². The van der Waals surface area contributed by atoms with Gasteiger partial charge in [0.2, 0.25) is 5.91 Å². The Balaban J connectivity index is 1.66. The molecule has 2 heterocycles. The molecular formula is C15H12F3N3O2S. The number of carbonyl (C=O) groups is 1. The molecule has 0 bridgehead atoms. The number of nitrogens with zero attached hydrogens (tertiary/aromatic N) is 2. The number of hydrogen-bond acceptors (Lipinski definition) is 4. The Kier molecular flexibility index (Phi) is 4.35. The molecule has 0 fully saturated rings. The normalized spacial score (nSPS) is 16.7. The van der Waals surface area contributed by atoms with E-state index in [0.717, 1.165) is 12.1 Å². The molecule has 0 saturated heterocycles. The zero-order valence-corrected chi connectivity index (χ0v) is 13.0. The molecule has 1 unspecified atom stereocenters. The predicted molar refractivity (Wildman–Crippen MR) is 82.9 cm³/mol. The summed E-state index contributed by atoms with van der Waals surface area (Å²) in [6.45, 7) is 0. The maximum Gasteiger partial charge on any atom is 0.416 e. The quantitative estimate of drug-likeness (QED) is 0.860. The van der Waals surface area contributed by atoms with Crippen molar-refractivity contribution in [3.05, 3.63) is 52.4 Å². The monoisotopic (exact) mass is 355 g/mol. The summed E-state index contributed by atoms with van der Waals surface area (Å²) in [6, 6.07) is 5.23. The Hall–Kier alpha value is -2.29. The second-order valence-electron chi connectivity index (χ2n) is 5.23. The minimum Gasteiger partial charge on any atom is -0.326 e. The van der Waals surface area contributed by atoms with Gasteiger partial charge in [0.15, 0.2) is 5.16 Å². The molecule has 5 nitrogen and oxygen atoms in total. The topological polar surface area (TPSA) is 64.0 Å². The minimum absolute atomic E-state index is 0.0482. The first-order chi connectivity index (χ1) is 11.3. The van der Waals surface area contributed by atoms with E-state index in [1.807, 2.05) is 0 Å². The minimum atomic E-state index is -4.42. The van der Waals surface area contributed by atoms with Crippen molar-refractivity contribution in [2.45, 2.75) is 23.8 Å². The summed E-state index contributed by atoms with van der Waals surface area (Å²) in [5.41, 5.74) is -0.728. The molecule has 3 rings (SSSR count). The highest BCUT2D eigenvalue weighted by Gasteiger charge is 2.30. The van der Waals surface area contributed by atoms with Gasteiger partial charge in [0.1, 0.15) is 0 Å². The number of hydrogen-bond donors (Lipinski definition) is 1. The van der Waals surface area contributed by atoms with E-state index in [2.05, 4.69) is 10.3 Å². The fourth-order valence-corrected chi connectivity index (χ4v) is 3.53. The van der Waals surface area contributed by atoms with Crippen LogP contribution in [0, 0.1) is 0 Å². The van der Waals surface area contributed by atoms with Crippen LogP contribution >= 0.6 is 11.8 Å². The lowest BCUT2D eigenvalue weighted by atomic mass is 10.2. The van der Waals surface area contributed by atoms with Crippen LogP contribution in [0.2, 0.25) is 0 Å². The van der Waals surface area contributed by atoms with Gasteiger partial charge in [-0.1, -0.05) is 11.8 Å². The van der Waals surface area contributed by atoms with Gasteiger partial charge in [-0.3, -0.25) is 14.2 Å². The first-order valence-corrected chi connectivity index (χ1v) is 8.00. The molecule has 1 aromatic carbocycles. The molecule has 1 atom stereocenters. The molecule has 1 aromatic heterocycles. The van der Waals surface area contributed by atoms with Crippen LogP contribution in [0.15, 0.2) is 46.5 Å². The Morgan fingerprint density at radius 3 is 2.67 bits per heavy atom. The molecule has 2 aromatic rings. The summed E-state index contributed by atoms with van der Waals surface area (Å²) in [5, 5.41) is 3.11. The lowest BCUT2D eigenvalue weighted by Crippen LogP contribution is -2.26. The molecule has 0 radical (unpaired) electrons. The molecule has 1 N–H and O–H groups in total. The smallest absolute Gasteiger partial charge is 0.326 e. The van der Waals surface area contributed by atoms with Crippen molar-refractivity contribution < 1.29 is 18.0 Å². The van der Waals surface area contributed by atoms with Crippen LogP contribution in [0.5, 0.6) is 0 Å². The number of benzene rings is 1. The number of halogens is 3. The van der Waals surface area contributed by atoms with E-state index in [4.69, 9.17) is 0 Å². The van der Waals surface area contributed by atoms with Crippen molar-refractivity contribution in [1.29, 1.82) is 0 Å². The molecule has 0 aliphatic carbocycles. The molecule has 0 saturated carbocycles. The zero-order chi connectivity index (χ0) is 17.3. The molecule has 9 heteroatoms. The number of aromatic nitrogens is 2. The number of nitrogens with one attached hydrogen (secondary N) is 1. The molecule has 24 heavy (non-hydrogen) atoms. The van der Waals surface area contributed by atoms with E-state index in [1.165, 1.54) is 40.7 Å². The van der Waals surface area contributed by atoms with Gasteiger partial charge >= 0.3 is 6.18 Å². The molecule has 126 valence electrons. The van der Waals surface area contributed by atoms with Crippen molar-refractivity contribution in [2.24, 2.45) is 0 Å². The fourth-order valence-electron chi connectivity index (χ4n) is 2.41. The summed E-state index contributed by atoms with van der Waals surface area (Å²) in [6.07, 6.45) is -2.94. The SMILES string of the molecule is O=C(CC1CSc2nccc(=O)n21)Nc1ccc(C(F)(F)F)cc1. The average Bonchev–Trinajstić information content (AvgIpc) is 2.91. The van der Waals surface area contributed by atoms with Gasteiger partial charge in [0.05, 0.1) is 11.6 Å². The van der Waals surface area contributed by atoms with Crippen LogP contribution in [-0.4, -0.2) is 21.2 Å². The van der Waals surface area contributed by atoms with Gasteiger partial charge in [-0.05, 0) is 24.3 Å². The highest BCUT2D eigenvalue weighted by atomic mass is 32.2. The second kappa shape index (κ2) is 6.31. The number of thioether (sulfide) groups is 1. The lowest BCUT2D eigenvalue weighted by Gasteiger charge is -2.13. The lowest BCUT2D eigenvalue weighted by molar-refractivity contribution is -0.137. The summed E-state index contributed by atoms with van der Waals surface area (Å²) in [5.74, 6) is 0.177. The van der Waals surface area contributed by atoms with Gasteiger partial charge in [0, 0.05) is 30.1 Å². The third kappa shape index (κ3) is 3.45. The van der Waals surface area contributed by atoms with Crippen LogP contribution in [0.1, 0.15) is 18.0 Å². The van der Waals surface area contributed by atoms with Crippen LogP contribution < -0.4 is 10.9 Å². The van der Waals surface area contributed by atoms with E-state index in [1.54, 1.807) is 0 Å². The first kappa shape index (κ1) is 16.6. The largest absolute Gasteiger partial charge is 0.416 e. The van der Waals surface area contributed by atoms with Gasteiger partial charge in [-0.15, -0.1) is 0 Å². The summed E-state index contributed by atoms with van der Waals surface area (Å²) in [7, 11) is 0. The standard InChI is InChI=1S/C15H12F3N3O2S/c16-15(17,18)9-1-3-10(4-2-9)20-12(22)7-11-8-24-14-19-6-5-13(23)21(11)14/h1-6,11H,7-8H2,(H,20,22). The van der Waals surface area contributed by atoms with Crippen LogP contribution in [0.4, 0.5) is 18.9 Å². The fraction of sp³-hybridized carbons (Fsp3) is 0.267. The first-order valence-electron chi connectivity index (χ1n) is 7.02. The number of carbonyl (C=O) groups excluding carboxylic acids is 1. The van der Waals surface area contributed by atoms with Crippen molar-refractivity contribution in [3.8, 4) is 0 Å². The Morgan fingerprint density at radius 1 is 1.29 bits per heavy atom. The Bertz CT molecular complexity index is 818. The number of amides is 1. The number of rotatable bonds is 3.